The summed E-state index contributed by atoms with van der Waals surface area (Å²) < 4.78 is 0. The van der Waals surface area contributed by atoms with Crippen molar-refractivity contribution >= 4 is 41.3 Å². The highest BCUT2D eigenvalue weighted by Gasteiger charge is 2.06. The van der Waals surface area contributed by atoms with Crippen molar-refractivity contribution in [2.45, 2.75) is 33.4 Å². The molecule has 0 aliphatic carbocycles. The molecule has 0 saturated carbocycles. The van der Waals surface area contributed by atoms with Crippen LogP contribution in [0.5, 0.6) is 0 Å². The van der Waals surface area contributed by atoms with Gasteiger partial charge in [-0.25, -0.2) is 4.99 Å². The minimum absolute atomic E-state index is 0. The zero-order valence-corrected chi connectivity index (χ0v) is 20.0. The van der Waals surface area contributed by atoms with E-state index >= 15 is 0 Å². The molecule has 2 rings (SSSR count). The van der Waals surface area contributed by atoms with Crippen LogP contribution in [0.25, 0.3) is 0 Å². The molecule has 0 saturated heterocycles. The second-order valence-corrected chi connectivity index (χ2v) is 8.05. The van der Waals surface area contributed by atoms with Crippen LogP contribution >= 0.6 is 35.3 Å². The van der Waals surface area contributed by atoms with Gasteiger partial charge in [-0.15, -0.1) is 35.3 Å². The molecular weight excluding hydrogens is 467 g/mol. The van der Waals surface area contributed by atoms with Crippen molar-refractivity contribution in [3.05, 3.63) is 57.8 Å². The van der Waals surface area contributed by atoms with E-state index in [0.29, 0.717) is 12.5 Å². The lowest BCUT2D eigenvalue weighted by molar-refractivity contribution is 0.402. The van der Waals surface area contributed by atoms with Crippen molar-refractivity contribution in [3.8, 4) is 0 Å². The van der Waals surface area contributed by atoms with Crippen LogP contribution in [0.4, 0.5) is 0 Å². The van der Waals surface area contributed by atoms with E-state index in [9.17, 15) is 0 Å². The van der Waals surface area contributed by atoms with E-state index in [1.165, 1.54) is 16.0 Å². The van der Waals surface area contributed by atoms with Crippen LogP contribution in [-0.2, 0) is 19.5 Å². The number of guanidine groups is 1. The summed E-state index contributed by atoms with van der Waals surface area (Å²) in [5.74, 6) is 1.46. The Labute approximate surface area is 185 Å². The highest BCUT2D eigenvalue weighted by Crippen LogP contribution is 2.13. The molecule has 27 heavy (non-hydrogen) atoms. The first kappa shape index (κ1) is 23.9. The van der Waals surface area contributed by atoms with Crippen molar-refractivity contribution < 1.29 is 0 Å². The van der Waals surface area contributed by atoms with Gasteiger partial charge in [-0.05, 0) is 55.9 Å². The van der Waals surface area contributed by atoms with Gasteiger partial charge >= 0.3 is 0 Å². The van der Waals surface area contributed by atoms with Gasteiger partial charge in [0.15, 0.2) is 5.96 Å². The maximum absolute atomic E-state index is 4.73. The Bertz CT molecular complexity index is 653. The third kappa shape index (κ3) is 9.58. The first-order chi connectivity index (χ1) is 12.6. The first-order valence-electron chi connectivity index (χ1n) is 9.34. The maximum Gasteiger partial charge on any atom is 0.191 e. The Morgan fingerprint density at radius 3 is 2.41 bits per heavy atom. The molecule has 2 N–H and O–H groups in total. The van der Waals surface area contributed by atoms with E-state index in [0.717, 1.165) is 32.0 Å². The molecule has 1 unspecified atom stereocenters. The molecule has 4 nitrogen and oxygen atoms in total. The van der Waals surface area contributed by atoms with Gasteiger partial charge in [0.05, 0.1) is 6.54 Å². The summed E-state index contributed by atoms with van der Waals surface area (Å²) in [5, 5.41) is 8.96. The summed E-state index contributed by atoms with van der Waals surface area (Å²) in [7, 11) is 4.18. The molecule has 0 radical (unpaired) electrons. The molecule has 1 atom stereocenters. The number of nitrogens with one attached hydrogen (secondary N) is 2. The lowest BCUT2D eigenvalue weighted by atomic mass is 10.1. The summed E-state index contributed by atoms with van der Waals surface area (Å²) in [6.45, 7) is 7.83. The zero-order valence-electron chi connectivity index (χ0n) is 16.9. The normalized spacial score (nSPS) is 12.6. The van der Waals surface area contributed by atoms with Gasteiger partial charge in [0.1, 0.15) is 0 Å². The Morgan fingerprint density at radius 1 is 1.11 bits per heavy atom. The molecule has 0 amide bonds. The highest BCUT2D eigenvalue weighted by molar-refractivity contribution is 14.0. The average molecular weight is 500 g/mol. The smallest absolute Gasteiger partial charge is 0.191 e. The summed E-state index contributed by atoms with van der Waals surface area (Å²) >= 11 is 1.83. The number of halogens is 1. The summed E-state index contributed by atoms with van der Waals surface area (Å²) in [4.78, 5) is 8.35. The number of hydrogen-bond acceptors (Lipinski definition) is 3. The Balaban J connectivity index is 0.00000364. The summed E-state index contributed by atoms with van der Waals surface area (Å²) in [6, 6.07) is 13.1. The van der Waals surface area contributed by atoms with Crippen molar-refractivity contribution in [2.24, 2.45) is 10.9 Å². The summed E-state index contributed by atoms with van der Waals surface area (Å²) in [5.41, 5.74) is 2.56. The zero-order chi connectivity index (χ0) is 18.8. The molecule has 1 aromatic heterocycles. The van der Waals surface area contributed by atoms with Gasteiger partial charge in [0.25, 0.3) is 0 Å². The molecule has 1 aromatic carbocycles. The standard InChI is InChI=1S/C21H32N4S.HI/c1-5-22-21(23-14-17(2)13-20-7-6-12-26-20)24-15-18-8-10-19(11-9-18)16-25(3)4;/h6-12,17H,5,13-16H2,1-4H3,(H2,22,23,24);1H. The highest BCUT2D eigenvalue weighted by atomic mass is 127. The third-order valence-electron chi connectivity index (χ3n) is 4.03. The lowest BCUT2D eigenvalue weighted by Crippen LogP contribution is -2.39. The van der Waals surface area contributed by atoms with E-state index in [4.69, 9.17) is 4.99 Å². The Kier molecular flexibility index (Phi) is 11.6. The van der Waals surface area contributed by atoms with Gasteiger partial charge in [-0.3, -0.25) is 0 Å². The van der Waals surface area contributed by atoms with E-state index < -0.39 is 0 Å². The number of thiophene rings is 1. The van der Waals surface area contributed by atoms with Crippen molar-refractivity contribution in [3.63, 3.8) is 0 Å². The van der Waals surface area contributed by atoms with E-state index in [1.54, 1.807) is 0 Å². The van der Waals surface area contributed by atoms with Gasteiger partial charge < -0.3 is 15.5 Å². The second-order valence-electron chi connectivity index (χ2n) is 7.02. The third-order valence-corrected chi connectivity index (χ3v) is 4.93. The molecule has 6 heteroatoms. The van der Waals surface area contributed by atoms with Gasteiger partial charge in [-0.1, -0.05) is 37.3 Å². The van der Waals surface area contributed by atoms with Gasteiger partial charge in [0.2, 0.25) is 0 Å². The molecule has 1 heterocycles. The van der Waals surface area contributed by atoms with Gasteiger partial charge in [-0.2, -0.15) is 0 Å². The van der Waals surface area contributed by atoms with E-state index in [-0.39, 0.29) is 24.0 Å². The Hall–Kier alpha value is -1.12. The predicted molar refractivity (Wildman–Crippen MR) is 129 cm³/mol. The van der Waals surface area contributed by atoms with E-state index in [1.807, 2.05) is 11.3 Å². The number of benzene rings is 1. The largest absolute Gasteiger partial charge is 0.357 e. The van der Waals surface area contributed by atoms with Crippen LogP contribution in [0, 0.1) is 5.92 Å². The molecule has 150 valence electrons. The number of nitrogens with zero attached hydrogens (tertiary/aromatic N) is 2. The second kappa shape index (κ2) is 13.1. The fraction of sp³-hybridized carbons (Fsp3) is 0.476. The number of rotatable bonds is 9. The minimum Gasteiger partial charge on any atom is -0.357 e. The summed E-state index contributed by atoms with van der Waals surface area (Å²) in [6.07, 6.45) is 1.11. The molecule has 0 spiro atoms. The van der Waals surface area contributed by atoms with Crippen LogP contribution in [0.3, 0.4) is 0 Å². The van der Waals surface area contributed by atoms with Crippen molar-refractivity contribution in [1.29, 1.82) is 0 Å². The average Bonchev–Trinajstić information content (AvgIpc) is 3.11. The molecule has 0 fully saturated rings. The molecule has 0 bridgehead atoms. The van der Waals surface area contributed by atoms with Crippen LogP contribution in [0.2, 0.25) is 0 Å². The molecule has 0 aliphatic heterocycles. The van der Waals surface area contributed by atoms with Crippen LogP contribution in [-0.4, -0.2) is 38.0 Å². The fourth-order valence-corrected chi connectivity index (χ4v) is 3.61. The van der Waals surface area contributed by atoms with Crippen LogP contribution < -0.4 is 10.6 Å². The van der Waals surface area contributed by atoms with Crippen LogP contribution in [0.15, 0.2) is 46.8 Å². The topological polar surface area (TPSA) is 39.7 Å². The maximum atomic E-state index is 4.73. The van der Waals surface area contributed by atoms with Crippen LogP contribution in [0.1, 0.15) is 29.9 Å². The van der Waals surface area contributed by atoms with E-state index in [2.05, 4.69) is 85.3 Å². The SMILES string of the molecule is CCNC(=NCc1ccc(CN(C)C)cc1)NCC(C)Cc1cccs1.I. The first-order valence-corrected chi connectivity index (χ1v) is 10.2. The molecule has 2 aromatic rings. The van der Waals surface area contributed by atoms with Gasteiger partial charge in [0, 0.05) is 24.5 Å². The van der Waals surface area contributed by atoms with Crippen molar-refractivity contribution in [1.82, 2.24) is 15.5 Å². The minimum atomic E-state index is 0. The lowest BCUT2D eigenvalue weighted by Gasteiger charge is -2.15. The number of aliphatic imine (C=N–C) groups is 1. The fourth-order valence-electron chi connectivity index (χ4n) is 2.74. The number of hydrogen-bond donors (Lipinski definition) is 2. The molecular formula is C21H33IN4S. The Morgan fingerprint density at radius 2 is 1.81 bits per heavy atom. The monoisotopic (exact) mass is 500 g/mol. The molecule has 0 aliphatic rings. The van der Waals surface area contributed by atoms with Crippen molar-refractivity contribution in [2.75, 3.05) is 27.2 Å². The predicted octanol–water partition coefficient (Wildman–Crippen LogP) is 4.36. The quantitative estimate of drug-likeness (QED) is 0.305.